The lowest BCUT2D eigenvalue weighted by Gasteiger charge is -2.34. The minimum Gasteiger partial charge on any atom is -0.325 e. The molecule has 7 nitrogen and oxygen atoms in total. The van der Waals surface area contributed by atoms with E-state index in [1.807, 2.05) is 61.5 Å². The maximum atomic E-state index is 12.7. The summed E-state index contributed by atoms with van der Waals surface area (Å²) in [5, 5.41) is 9.03. The lowest BCUT2D eigenvalue weighted by molar-refractivity contribution is -0.117. The number of amides is 1. The average molecular weight is 391 g/mol. The zero-order chi connectivity index (χ0) is 20.2. The van der Waals surface area contributed by atoms with E-state index >= 15 is 0 Å². The zero-order valence-corrected chi connectivity index (χ0v) is 16.5. The van der Waals surface area contributed by atoms with Gasteiger partial charge in [-0.1, -0.05) is 36.4 Å². The number of anilines is 1. The molecule has 3 aromatic rings. The monoisotopic (exact) mass is 391 g/mol. The van der Waals surface area contributed by atoms with Gasteiger partial charge < -0.3 is 5.32 Å². The first-order valence-corrected chi connectivity index (χ1v) is 9.86. The summed E-state index contributed by atoms with van der Waals surface area (Å²) in [6.07, 6.45) is 0. The molecule has 0 saturated carbocycles. The van der Waals surface area contributed by atoms with Gasteiger partial charge in [0.05, 0.1) is 24.3 Å². The molecule has 29 heavy (non-hydrogen) atoms. The molecule has 1 N–H and O–H groups in total. The summed E-state index contributed by atoms with van der Waals surface area (Å²) in [5.74, 6) is -0.00677. The van der Waals surface area contributed by atoms with E-state index in [1.165, 1.54) is 0 Å². The predicted molar refractivity (Wildman–Crippen MR) is 114 cm³/mol. The average Bonchev–Trinajstić information content (AvgIpc) is 2.74. The van der Waals surface area contributed by atoms with Crippen LogP contribution in [-0.2, 0) is 11.5 Å². The Bertz CT molecular complexity index is 1060. The van der Waals surface area contributed by atoms with Crippen LogP contribution in [-0.4, -0.2) is 58.2 Å². The molecular formula is C22H25N5O2. The Hall–Kier alpha value is -3.03. The van der Waals surface area contributed by atoms with E-state index in [9.17, 15) is 9.59 Å². The highest BCUT2D eigenvalue weighted by molar-refractivity contribution is 5.92. The molecule has 0 unspecified atom stereocenters. The Morgan fingerprint density at radius 2 is 1.55 bits per heavy atom. The predicted octanol–water partition coefficient (Wildman–Crippen LogP) is 1.92. The van der Waals surface area contributed by atoms with Gasteiger partial charge >= 0.3 is 0 Å². The standard InChI is InChI=1S/C22H25N5O2/c1-17-19-9-5-6-10-20(19)22(29)27(24-17)16-26-13-11-25(12-14-26)15-21(28)23-18-7-3-2-4-8-18/h2-10H,11-16H2,1H3,(H,23,28). The summed E-state index contributed by atoms with van der Waals surface area (Å²) in [5.41, 5.74) is 1.61. The molecule has 1 fully saturated rings. The maximum Gasteiger partial charge on any atom is 0.275 e. The molecule has 7 heteroatoms. The molecule has 0 aliphatic carbocycles. The number of fused-ring (bicyclic) bond motifs is 1. The van der Waals surface area contributed by atoms with Crippen molar-refractivity contribution in [3.8, 4) is 0 Å². The smallest absolute Gasteiger partial charge is 0.275 e. The molecule has 2 aromatic carbocycles. The van der Waals surface area contributed by atoms with Crippen molar-refractivity contribution in [3.63, 3.8) is 0 Å². The fraction of sp³-hybridized carbons (Fsp3) is 0.318. The van der Waals surface area contributed by atoms with Crippen LogP contribution in [0.2, 0.25) is 0 Å². The molecule has 1 aromatic heterocycles. The van der Waals surface area contributed by atoms with Crippen molar-refractivity contribution in [2.24, 2.45) is 0 Å². The van der Waals surface area contributed by atoms with Crippen LogP contribution in [0.1, 0.15) is 5.69 Å². The van der Waals surface area contributed by atoms with E-state index in [0.717, 1.165) is 42.9 Å². The van der Waals surface area contributed by atoms with E-state index in [2.05, 4.69) is 20.2 Å². The Labute approximate surface area is 169 Å². The number of hydrogen-bond acceptors (Lipinski definition) is 5. The van der Waals surface area contributed by atoms with E-state index < -0.39 is 0 Å². The van der Waals surface area contributed by atoms with E-state index in [4.69, 9.17) is 0 Å². The molecular weight excluding hydrogens is 366 g/mol. The molecule has 0 atom stereocenters. The summed E-state index contributed by atoms with van der Waals surface area (Å²) < 4.78 is 1.55. The van der Waals surface area contributed by atoms with Crippen molar-refractivity contribution in [2.75, 3.05) is 38.0 Å². The number of benzene rings is 2. The summed E-state index contributed by atoms with van der Waals surface area (Å²) >= 11 is 0. The van der Waals surface area contributed by atoms with Crippen LogP contribution in [0.3, 0.4) is 0 Å². The Kier molecular flexibility index (Phi) is 5.69. The van der Waals surface area contributed by atoms with Gasteiger partial charge in [-0.25, -0.2) is 4.68 Å². The molecule has 0 spiro atoms. The van der Waals surface area contributed by atoms with Gasteiger partial charge in [-0.15, -0.1) is 0 Å². The largest absolute Gasteiger partial charge is 0.325 e. The number of rotatable bonds is 5. The first kappa shape index (κ1) is 19.3. The number of aromatic nitrogens is 2. The Morgan fingerprint density at radius 1 is 0.931 bits per heavy atom. The number of carbonyl (C=O) groups excluding carboxylic acids is 1. The number of para-hydroxylation sites is 1. The molecule has 1 aliphatic heterocycles. The second-order valence-electron chi connectivity index (χ2n) is 7.39. The van der Waals surface area contributed by atoms with Crippen LogP contribution in [0.25, 0.3) is 10.8 Å². The summed E-state index contributed by atoms with van der Waals surface area (Å²) in [4.78, 5) is 29.3. The third-order valence-electron chi connectivity index (χ3n) is 5.28. The van der Waals surface area contributed by atoms with Crippen molar-refractivity contribution >= 4 is 22.4 Å². The lowest BCUT2D eigenvalue weighted by Crippen LogP contribution is -2.49. The maximum absolute atomic E-state index is 12.7. The fourth-order valence-electron chi connectivity index (χ4n) is 3.70. The first-order valence-electron chi connectivity index (χ1n) is 9.86. The number of aryl methyl sites for hydroxylation is 1. The molecule has 4 rings (SSSR count). The number of carbonyl (C=O) groups is 1. The van der Waals surface area contributed by atoms with Gasteiger partial charge in [0.1, 0.15) is 0 Å². The topological polar surface area (TPSA) is 70.5 Å². The fourth-order valence-corrected chi connectivity index (χ4v) is 3.70. The van der Waals surface area contributed by atoms with Gasteiger partial charge in [-0.2, -0.15) is 5.10 Å². The number of nitrogens with zero attached hydrogens (tertiary/aromatic N) is 4. The van der Waals surface area contributed by atoms with Crippen LogP contribution in [0, 0.1) is 6.92 Å². The normalized spacial score (nSPS) is 15.5. The first-order chi connectivity index (χ1) is 14.1. The number of nitrogens with one attached hydrogen (secondary N) is 1. The van der Waals surface area contributed by atoms with Gasteiger partial charge in [0.15, 0.2) is 0 Å². The Morgan fingerprint density at radius 3 is 2.28 bits per heavy atom. The molecule has 2 heterocycles. The quantitative estimate of drug-likeness (QED) is 0.720. The van der Waals surface area contributed by atoms with Gasteiger partial charge in [0, 0.05) is 37.3 Å². The SMILES string of the molecule is Cc1nn(CN2CCN(CC(=O)Nc3ccccc3)CC2)c(=O)c2ccccc12. The van der Waals surface area contributed by atoms with Crippen LogP contribution >= 0.6 is 0 Å². The minimum atomic E-state index is -0.0594. The summed E-state index contributed by atoms with van der Waals surface area (Å²) in [7, 11) is 0. The summed E-state index contributed by atoms with van der Waals surface area (Å²) in [6.45, 7) is 5.91. The van der Waals surface area contributed by atoms with Gasteiger partial charge in [-0.05, 0) is 25.1 Å². The van der Waals surface area contributed by atoms with Crippen molar-refractivity contribution in [1.29, 1.82) is 0 Å². The molecule has 1 aliphatic rings. The van der Waals surface area contributed by atoms with Crippen molar-refractivity contribution < 1.29 is 4.79 Å². The molecule has 150 valence electrons. The molecule has 0 bridgehead atoms. The van der Waals surface area contributed by atoms with E-state index in [-0.39, 0.29) is 11.5 Å². The molecule has 1 amide bonds. The Balaban J connectivity index is 1.33. The van der Waals surface area contributed by atoms with Gasteiger partial charge in [0.25, 0.3) is 5.56 Å². The third-order valence-corrected chi connectivity index (χ3v) is 5.28. The van der Waals surface area contributed by atoms with Crippen molar-refractivity contribution in [1.82, 2.24) is 19.6 Å². The number of piperazine rings is 1. The highest BCUT2D eigenvalue weighted by Gasteiger charge is 2.20. The molecule has 0 radical (unpaired) electrons. The summed E-state index contributed by atoms with van der Waals surface area (Å²) in [6, 6.07) is 17.1. The van der Waals surface area contributed by atoms with Crippen molar-refractivity contribution in [2.45, 2.75) is 13.6 Å². The molecule has 1 saturated heterocycles. The number of hydrogen-bond donors (Lipinski definition) is 1. The van der Waals surface area contributed by atoms with E-state index in [1.54, 1.807) is 4.68 Å². The van der Waals surface area contributed by atoms with Crippen LogP contribution in [0.4, 0.5) is 5.69 Å². The van der Waals surface area contributed by atoms with Crippen molar-refractivity contribution in [3.05, 3.63) is 70.6 Å². The van der Waals surface area contributed by atoms with E-state index in [0.29, 0.717) is 18.6 Å². The van der Waals surface area contributed by atoms with Crippen LogP contribution < -0.4 is 10.9 Å². The highest BCUT2D eigenvalue weighted by atomic mass is 16.2. The zero-order valence-electron chi connectivity index (χ0n) is 16.5. The second-order valence-corrected chi connectivity index (χ2v) is 7.39. The van der Waals surface area contributed by atoms with Gasteiger partial charge in [0.2, 0.25) is 5.91 Å². The minimum absolute atomic E-state index is 0.00677. The second kappa shape index (κ2) is 8.55. The highest BCUT2D eigenvalue weighted by Crippen LogP contribution is 2.12. The van der Waals surface area contributed by atoms with Crippen LogP contribution in [0.5, 0.6) is 0 Å². The third kappa shape index (κ3) is 4.52. The van der Waals surface area contributed by atoms with Crippen LogP contribution in [0.15, 0.2) is 59.4 Å². The van der Waals surface area contributed by atoms with Gasteiger partial charge in [-0.3, -0.25) is 19.4 Å². The lowest BCUT2D eigenvalue weighted by atomic mass is 10.1.